The molecule has 0 aliphatic carbocycles. The number of amides is 5. The molecule has 304 valence electrons. The molecule has 0 aliphatic rings. The topological polar surface area (TPSA) is 275 Å². The van der Waals surface area contributed by atoms with Crippen molar-refractivity contribution in [2.75, 3.05) is 49.9 Å². The molecule has 2 aromatic carbocycles. The van der Waals surface area contributed by atoms with Gasteiger partial charge in [0.25, 0.3) is 10.9 Å². The molecule has 0 unspecified atom stereocenters. The first-order chi connectivity index (χ1) is 26.2. The number of carboxylic acid groups (broad SMARTS) is 1. The van der Waals surface area contributed by atoms with Crippen LogP contribution in [-0.2, 0) is 24.0 Å². The fourth-order valence-electron chi connectivity index (χ4n) is 5.16. The Bertz CT molecular complexity index is 1640. The first-order valence-electron chi connectivity index (χ1n) is 18.4. The van der Waals surface area contributed by atoms with E-state index in [1.165, 1.54) is 31.2 Å². The summed E-state index contributed by atoms with van der Waals surface area (Å²) in [6.07, 6.45) is 4.65. The van der Waals surface area contributed by atoms with Gasteiger partial charge in [0.05, 0.1) is 5.56 Å². The number of rotatable bonds is 28. The maximum atomic E-state index is 12.2. The van der Waals surface area contributed by atoms with Crippen LogP contribution in [0.4, 0.5) is 17.1 Å². The van der Waals surface area contributed by atoms with Crippen LogP contribution in [-0.4, -0.2) is 111 Å². The Morgan fingerprint density at radius 1 is 0.564 bits per heavy atom. The Morgan fingerprint density at radius 2 is 1.00 bits per heavy atom. The van der Waals surface area contributed by atoms with Gasteiger partial charge < -0.3 is 26.4 Å². The van der Waals surface area contributed by atoms with Crippen molar-refractivity contribution in [2.24, 2.45) is 0 Å². The number of aromatic carboxylic acids is 1. The molecule has 55 heavy (non-hydrogen) atoms. The van der Waals surface area contributed by atoms with E-state index in [1.807, 2.05) is 0 Å². The van der Waals surface area contributed by atoms with Crippen LogP contribution >= 0.6 is 0 Å². The van der Waals surface area contributed by atoms with Crippen LogP contribution in [0.3, 0.4) is 0 Å². The molecule has 0 saturated carbocycles. The minimum atomic E-state index is -1.09. The average molecular weight is 776 g/mol. The van der Waals surface area contributed by atoms with Gasteiger partial charge in [0, 0.05) is 77.6 Å². The van der Waals surface area contributed by atoms with E-state index in [9.17, 15) is 54.0 Å². The largest absolute Gasteiger partial charge is 0.478 e. The zero-order valence-corrected chi connectivity index (χ0v) is 31.1. The average Bonchev–Trinajstić information content (AvgIpc) is 3.17. The third kappa shape index (κ3) is 17.5. The smallest absolute Gasteiger partial charge is 0.335 e. The van der Waals surface area contributed by atoms with Gasteiger partial charge in [-0.2, -0.15) is 0 Å². The third-order valence-electron chi connectivity index (χ3n) is 8.47. The molecule has 0 spiro atoms. The summed E-state index contributed by atoms with van der Waals surface area (Å²) in [5.74, 6) is -3.39. The van der Waals surface area contributed by atoms with Crippen molar-refractivity contribution >= 4 is 52.6 Å². The number of hydrogen-bond acceptors (Lipinski definition) is 13. The summed E-state index contributed by atoms with van der Waals surface area (Å²) >= 11 is 0. The van der Waals surface area contributed by atoms with E-state index in [-0.39, 0.29) is 74.1 Å². The van der Waals surface area contributed by atoms with E-state index in [0.717, 1.165) is 0 Å². The number of benzene rings is 1. The maximum Gasteiger partial charge on any atom is 0.335 e. The molecule has 2 rings (SSSR count). The van der Waals surface area contributed by atoms with Gasteiger partial charge in [-0.15, -0.1) is 0 Å². The molecule has 2 aromatic rings. The first-order valence-corrected chi connectivity index (χ1v) is 18.4. The number of anilines is 3. The van der Waals surface area contributed by atoms with E-state index in [1.54, 1.807) is 0 Å². The predicted octanol–water partition coefficient (Wildman–Crippen LogP) is 2.11. The van der Waals surface area contributed by atoms with Gasteiger partial charge in [0.15, 0.2) is 0 Å². The Hall–Kier alpha value is -5.40. The molecule has 0 bridgehead atoms. The molecule has 0 aromatic heterocycles. The fraction of sp³-hybridized carbons (Fsp3) is 0.556. The Morgan fingerprint density at radius 3 is 1.45 bits per heavy atom. The van der Waals surface area contributed by atoms with Gasteiger partial charge in [0.1, 0.15) is 11.4 Å². The summed E-state index contributed by atoms with van der Waals surface area (Å²) in [4.78, 5) is 94.3. The minimum Gasteiger partial charge on any atom is -0.478 e. The van der Waals surface area contributed by atoms with Crippen molar-refractivity contribution in [1.82, 2.24) is 25.8 Å². The lowest BCUT2D eigenvalue weighted by atomic mass is 10.1. The predicted molar refractivity (Wildman–Crippen MR) is 199 cm³/mol. The molecule has 19 heteroatoms. The van der Waals surface area contributed by atoms with E-state index < -0.39 is 34.5 Å². The van der Waals surface area contributed by atoms with Crippen LogP contribution in [0.5, 0.6) is 0 Å². The van der Waals surface area contributed by atoms with Gasteiger partial charge >= 0.3 is 5.97 Å². The van der Waals surface area contributed by atoms with Gasteiger partial charge in [-0.3, -0.25) is 49.2 Å². The van der Waals surface area contributed by atoms with Crippen molar-refractivity contribution in [3.63, 3.8) is 0 Å². The molecule has 0 heterocycles. The molecular weight excluding hydrogens is 722 g/mol. The number of carbonyl (C=O) groups is 6. The Balaban J connectivity index is 1.47. The lowest BCUT2D eigenvalue weighted by Crippen LogP contribution is -2.36. The number of nitrogens with one attached hydrogen (secondary N) is 4. The van der Waals surface area contributed by atoms with Crippen LogP contribution in [0.2, 0.25) is 0 Å². The second kappa shape index (κ2) is 24.8. The maximum absolute atomic E-state index is 12.2. The van der Waals surface area contributed by atoms with Crippen LogP contribution in [0.1, 0.15) is 101 Å². The van der Waals surface area contributed by atoms with E-state index in [2.05, 4.69) is 21.3 Å². The molecule has 19 nitrogen and oxygen atoms in total. The van der Waals surface area contributed by atoms with Gasteiger partial charge in [-0.05, 0) is 82.1 Å². The molecule has 5 amide bonds. The SMILES string of the molecule is CC(=O)N(O)CCCCCNC(=O)CCC(=O)N(O)CCCCCNC(=O)CCC(=O)N(O)CCCCCNc1c(Nc2ccc(C(=O)O)cc2)c(=O)c1=O. The van der Waals surface area contributed by atoms with Crippen molar-refractivity contribution in [3.8, 4) is 0 Å². The minimum absolute atomic E-state index is 0.0495. The van der Waals surface area contributed by atoms with Crippen molar-refractivity contribution in [2.45, 2.75) is 90.4 Å². The summed E-state index contributed by atoms with van der Waals surface area (Å²) in [6, 6.07) is 5.71. The van der Waals surface area contributed by atoms with Crippen LogP contribution in [0.15, 0.2) is 33.9 Å². The van der Waals surface area contributed by atoms with Gasteiger partial charge in [0.2, 0.25) is 29.5 Å². The number of nitrogens with zero attached hydrogens (tertiary/aromatic N) is 3. The quantitative estimate of drug-likeness (QED) is 0.0266. The summed E-state index contributed by atoms with van der Waals surface area (Å²) in [6.45, 7) is 2.67. The first kappa shape index (κ1) is 45.8. The summed E-state index contributed by atoms with van der Waals surface area (Å²) in [5.41, 5.74) is -0.591. The van der Waals surface area contributed by atoms with Gasteiger partial charge in [-0.1, -0.05) is 0 Å². The third-order valence-corrected chi connectivity index (χ3v) is 8.47. The second-order valence-electron chi connectivity index (χ2n) is 12.9. The van der Waals surface area contributed by atoms with Crippen LogP contribution in [0, 0.1) is 0 Å². The molecule has 0 atom stereocenters. The zero-order chi connectivity index (χ0) is 40.8. The van der Waals surface area contributed by atoms with Crippen molar-refractivity contribution in [3.05, 3.63) is 50.3 Å². The molecule has 0 radical (unpaired) electrons. The van der Waals surface area contributed by atoms with E-state index in [4.69, 9.17) is 5.11 Å². The van der Waals surface area contributed by atoms with Crippen LogP contribution in [0.25, 0.3) is 0 Å². The lowest BCUT2D eigenvalue weighted by Gasteiger charge is -2.16. The highest BCUT2D eigenvalue weighted by Gasteiger charge is 2.21. The molecule has 0 fully saturated rings. The normalized spacial score (nSPS) is 10.8. The van der Waals surface area contributed by atoms with Crippen molar-refractivity contribution < 1.29 is 49.5 Å². The number of carbonyl (C=O) groups excluding carboxylic acids is 5. The second-order valence-corrected chi connectivity index (χ2v) is 12.9. The molecule has 0 aliphatic heterocycles. The summed E-state index contributed by atoms with van der Waals surface area (Å²) < 4.78 is 0. The Labute approximate surface area is 318 Å². The summed E-state index contributed by atoms with van der Waals surface area (Å²) in [7, 11) is 0. The number of carboxylic acids is 1. The van der Waals surface area contributed by atoms with Crippen molar-refractivity contribution in [1.29, 1.82) is 0 Å². The fourth-order valence-corrected chi connectivity index (χ4v) is 5.16. The monoisotopic (exact) mass is 775 g/mol. The van der Waals surface area contributed by atoms with Gasteiger partial charge in [-0.25, -0.2) is 20.0 Å². The number of unbranched alkanes of at least 4 members (excludes halogenated alkanes) is 6. The standard InChI is InChI=1S/C36H53N7O12/c1-25(44)41(53)22-8-2-5-19-37-28(45)15-17-30(47)42(54)23-9-3-6-20-38-29(46)16-18-31(48)43(55)24-10-4-7-21-39-32-33(35(50)34(32)49)40-27-13-11-26(12-14-27)36(51)52/h11-14,39-40,53-55H,2-10,15-24H2,1H3,(H,37,45)(H,38,46)(H,51,52). The molecular formula is C36H53N7O12. The van der Waals surface area contributed by atoms with Crippen LogP contribution < -0.4 is 32.1 Å². The van der Waals surface area contributed by atoms with E-state index >= 15 is 0 Å². The molecule has 8 N–H and O–H groups in total. The van der Waals surface area contributed by atoms with E-state index in [0.29, 0.717) is 98.3 Å². The lowest BCUT2D eigenvalue weighted by molar-refractivity contribution is -0.166. The highest BCUT2D eigenvalue weighted by Crippen LogP contribution is 2.21. The number of hydroxylamine groups is 6. The highest BCUT2D eigenvalue weighted by atomic mass is 16.5. The Kier molecular flexibility index (Phi) is 20.7. The summed E-state index contributed by atoms with van der Waals surface area (Å²) in [5, 5.41) is 51.2. The molecule has 0 saturated heterocycles. The number of hydrogen-bond donors (Lipinski definition) is 8. The highest BCUT2D eigenvalue weighted by molar-refractivity contribution is 5.88. The zero-order valence-electron chi connectivity index (χ0n) is 31.1.